The van der Waals surface area contributed by atoms with E-state index in [0.29, 0.717) is 11.0 Å². The van der Waals surface area contributed by atoms with Gasteiger partial charge in [0.1, 0.15) is 17.3 Å². The van der Waals surface area contributed by atoms with Crippen molar-refractivity contribution < 1.29 is 4.79 Å². The Morgan fingerprint density at radius 1 is 1.29 bits per heavy atom. The van der Waals surface area contributed by atoms with Gasteiger partial charge in [0.05, 0.1) is 0 Å². The molecule has 6 heteroatoms. The molecule has 1 heterocycles. The number of anilines is 1. The molecule has 1 aliphatic rings. The van der Waals surface area contributed by atoms with Crippen molar-refractivity contribution in [1.29, 1.82) is 0 Å². The van der Waals surface area contributed by atoms with Crippen LogP contribution in [0.4, 0.5) is 10.6 Å². The molecule has 2 amide bonds. The zero-order valence-electron chi connectivity index (χ0n) is 9.45. The van der Waals surface area contributed by atoms with Crippen LogP contribution in [0.25, 0.3) is 0 Å². The molecule has 1 aromatic rings. The van der Waals surface area contributed by atoms with E-state index >= 15 is 0 Å². The van der Waals surface area contributed by atoms with E-state index < -0.39 is 0 Å². The van der Waals surface area contributed by atoms with Crippen molar-refractivity contribution in [3.63, 3.8) is 0 Å². The van der Waals surface area contributed by atoms with E-state index in [0.717, 1.165) is 12.8 Å². The van der Waals surface area contributed by atoms with Crippen molar-refractivity contribution in [2.45, 2.75) is 38.1 Å². The van der Waals surface area contributed by atoms with Gasteiger partial charge in [0.2, 0.25) is 0 Å². The number of hydrogen-bond donors (Lipinski definition) is 2. The Bertz CT molecular complexity index is 393. The van der Waals surface area contributed by atoms with Crippen LogP contribution >= 0.6 is 11.6 Å². The highest BCUT2D eigenvalue weighted by atomic mass is 35.5. The van der Waals surface area contributed by atoms with Gasteiger partial charge < -0.3 is 5.32 Å². The summed E-state index contributed by atoms with van der Waals surface area (Å²) in [5.74, 6) is 0.415. The second-order valence-electron chi connectivity index (χ2n) is 4.16. The summed E-state index contributed by atoms with van der Waals surface area (Å²) in [5.41, 5.74) is 0. The van der Waals surface area contributed by atoms with Crippen molar-refractivity contribution in [3.05, 3.63) is 17.5 Å². The molecule has 17 heavy (non-hydrogen) atoms. The first kappa shape index (κ1) is 12.1. The van der Waals surface area contributed by atoms with Gasteiger partial charge in [0, 0.05) is 12.1 Å². The first-order valence-electron chi connectivity index (χ1n) is 5.79. The average molecular weight is 255 g/mol. The summed E-state index contributed by atoms with van der Waals surface area (Å²) < 4.78 is 0. The molecule has 0 aliphatic heterocycles. The van der Waals surface area contributed by atoms with E-state index in [1.165, 1.54) is 31.7 Å². The minimum atomic E-state index is -0.230. The predicted molar refractivity (Wildman–Crippen MR) is 66.1 cm³/mol. The van der Waals surface area contributed by atoms with E-state index in [1.54, 1.807) is 0 Å². The fourth-order valence-corrected chi connectivity index (χ4v) is 2.13. The maximum atomic E-state index is 11.7. The number of urea groups is 1. The molecule has 2 N–H and O–H groups in total. The zero-order valence-corrected chi connectivity index (χ0v) is 10.2. The fraction of sp³-hybridized carbons (Fsp3) is 0.545. The largest absolute Gasteiger partial charge is 0.335 e. The Hall–Kier alpha value is -1.36. The number of hydrogen-bond acceptors (Lipinski definition) is 3. The molecule has 0 atom stereocenters. The number of halogens is 1. The van der Waals surface area contributed by atoms with Gasteiger partial charge in [0.15, 0.2) is 0 Å². The highest BCUT2D eigenvalue weighted by Gasteiger charge is 2.15. The van der Waals surface area contributed by atoms with Crippen LogP contribution in [0.5, 0.6) is 0 Å². The number of rotatable bonds is 2. The average Bonchev–Trinajstić information content (AvgIpc) is 2.30. The Kier molecular flexibility index (Phi) is 4.14. The van der Waals surface area contributed by atoms with Crippen molar-refractivity contribution in [2.24, 2.45) is 0 Å². The summed E-state index contributed by atoms with van der Waals surface area (Å²) in [5, 5.41) is 5.89. The second kappa shape index (κ2) is 5.82. The lowest BCUT2D eigenvalue weighted by Crippen LogP contribution is -2.39. The van der Waals surface area contributed by atoms with Gasteiger partial charge in [-0.1, -0.05) is 30.9 Å². The summed E-state index contributed by atoms with van der Waals surface area (Å²) in [6.45, 7) is 0. The third kappa shape index (κ3) is 3.85. The lowest BCUT2D eigenvalue weighted by atomic mass is 9.96. The van der Waals surface area contributed by atoms with Crippen LogP contribution in [0.3, 0.4) is 0 Å². The summed E-state index contributed by atoms with van der Waals surface area (Å²) >= 11 is 5.70. The van der Waals surface area contributed by atoms with Crippen LogP contribution in [-0.2, 0) is 0 Å². The summed E-state index contributed by atoms with van der Waals surface area (Å²) in [7, 11) is 0. The molecule has 92 valence electrons. The summed E-state index contributed by atoms with van der Waals surface area (Å²) in [4.78, 5) is 19.3. The predicted octanol–water partition coefficient (Wildman–Crippen LogP) is 2.58. The molecule has 1 aromatic heterocycles. The van der Waals surface area contributed by atoms with Crippen LogP contribution in [0.1, 0.15) is 32.1 Å². The van der Waals surface area contributed by atoms with Crippen molar-refractivity contribution in [3.8, 4) is 0 Å². The number of carbonyl (C=O) groups excluding carboxylic acids is 1. The van der Waals surface area contributed by atoms with Gasteiger partial charge in [-0.3, -0.25) is 5.32 Å². The monoisotopic (exact) mass is 254 g/mol. The van der Waals surface area contributed by atoms with Gasteiger partial charge in [-0.05, 0) is 12.8 Å². The molecule has 1 aliphatic carbocycles. The van der Waals surface area contributed by atoms with Gasteiger partial charge in [-0.15, -0.1) is 0 Å². The summed E-state index contributed by atoms with van der Waals surface area (Å²) in [6.07, 6.45) is 7.06. The Labute approximate surface area is 105 Å². The van der Waals surface area contributed by atoms with Gasteiger partial charge in [0.25, 0.3) is 0 Å². The number of carbonyl (C=O) groups is 1. The maximum absolute atomic E-state index is 11.7. The minimum absolute atomic E-state index is 0.230. The van der Waals surface area contributed by atoms with Crippen molar-refractivity contribution in [1.82, 2.24) is 15.3 Å². The maximum Gasteiger partial charge on any atom is 0.320 e. The molecule has 0 bridgehead atoms. The van der Waals surface area contributed by atoms with Gasteiger partial charge in [-0.25, -0.2) is 14.8 Å². The minimum Gasteiger partial charge on any atom is -0.335 e. The van der Waals surface area contributed by atoms with Crippen molar-refractivity contribution >= 4 is 23.4 Å². The van der Waals surface area contributed by atoms with E-state index in [-0.39, 0.29) is 12.1 Å². The standard InChI is InChI=1S/C11H15ClN4O/c12-9-6-10(14-7-13-9)16-11(17)15-8-4-2-1-3-5-8/h6-8H,1-5H2,(H2,13,14,15,16,17). The van der Waals surface area contributed by atoms with Crippen LogP contribution < -0.4 is 10.6 Å². The lowest BCUT2D eigenvalue weighted by Gasteiger charge is -2.22. The van der Waals surface area contributed by atoms with E-state index in [1.807, 2.05) is 0 Å². The molecule has 0 spiro atoms. The fourth-order valence-electron chi connectivity index (χ4n) is 1.99. The molecule has 0 unspecified atom stereocenters. The van der Waals surface area contributed by atoms with E-state index in [4.69, 9.17) is 11.6 Å². The molecule has 1 saturated carbocycles. The Morgan fingerprint density at radius 2 is 2.06 bits per heavy atom. The number of amides is 2. The molecule has 2 rings (SSSR count). The molecule has 0 saturated heterocycles. The number of aromatic nitrogens is 2. The van der Waals surface area contributed by atoms with Gasteiger partial charge >= 0.3 is 6.03 Å². The number of nitrogens with one attached hydrogen (secondary N) is 2. The Morgan fingerprint density at radius 3 is 2.76 bits per heavy atom. The van der Waals surface area contributed by atoms with E-state index in [9.17, 15) is 4.79 Å². The molecule has 1 fully saturated rings. The van der Waals surface area contributed by atoms with Crippen LogP contribution in [0.2, 0.25) is 5.15 Å². The molecule has 5 nitrogen and oxygen atoms in total. The first-order chi connectivity index (χ1) is 8.24. The topological polar surface area (TPSA) is 66.9 Å². The van der Waals surface area contributed by atoms with Crippen molar-refractivity contribution in [2.75, 3.05) is 5.32 Å². The normalized spacial score (nSPS) is 16.5. The number of nitrogens with zero attached hydrogens (tertiary/aromatic N) is 2. The third-order valence-corrected chi connectivity index (χ3v) is 3.02. The highest BCUT2D eigenvalue weighted by Crippen LogP contribution is 2.17. The smallest absolute Gasteiger partial charge is 0.320 e. The summed E-state index contributed by atoms with van der Waals surface area (Å²) in [6, 6.07) is 1.56. The molecule has 0 radical (unpaired) electrons. The SMILES string of the molecule is O=C(Nc1cc(Cl)ncn1)NC1CCCCC1. The second-order valence-corrected chi connectivity index (χ2v) is 4.55. The Balaban J connectivity index is 1.84. The molecular formula is C11H15ClN4O. The van der Waals surface area contributed by atoms with Gasteiger partial charge in [-0.2, -0.15) is 0 Å². The van der Waals surface area contributed by atoms with E-state index in [2.05, 4.69) is 20.6 Å². The molecular weight excluding hydrogens is 240 g/mol. The zero-order chi connectivity index (χ0) is 12.1. The quantitative estimate of drug-likeness (QED) is 0.797. The lowest BCUT2D eigenvalue weighted by molar-refractivity contribution is 0.244. The first-order valence-corrected chi connectivity index (χ1v) is 6.17. The third-order valence-electron chi connectivity index (χ3n) is 2.82. The van der Waals surface area contributed by atoms with Crippen LogP contribution in [0, 0.1) is 0 Å². The van der Waals surface area contributed by atoms with Crippen LogP contribution in [0.15, 0.2) is 12.4 Å². The molecule has 0 aromatic carbocycles. The van der Waals surface area contributed by atoms with Crippen LogP contribution in [-0.4, -0.2) is 22.0 Å². The highest BCUT2D eigenvalue weighted by molar-refractivity contribution is 6.29.